The number of amides is 1. The minimum atomic E-state index is -3.09. The summed E-state index contributed by atoms with van der Waals surface area (Å²) in [6, 6.07) is 6.80. The predicted molar refractivity (Wildman–Crippen MR) is 95.9 cm³/mol. The Kier molecular flexibility index (Phi) is 4.79. The number of hydrogen-bond donors (Lipinski definition) is 1. The number of ether oxygens (including phenoxy) is 1. The van der Waals surface area contributed by atoms with Crippen LogP contribution in [0.1, 0.15) is 40.7 Å². The third-order valence-corrected chi connectivity index (χ3v) is 6.48. The monoisotopic (exact) mass is 378 g/mol. The van der Waals surface area contributed by atoms with Gasteiger partial charge in [-0.3, -0.25) is 4.79 Å². The molecule has 1 aliphatic rings. The van der Waals surface area contributed by atoms with Crippen molar-refractivity contribution in [2.24, 2.45) is 0 Å². The van der Waals surface area contributed by atoms with Crippen molar-refractivity contribution in [2.75, 3.05) is 11.5 Å². The first-order valence-corrected chi connectivity index (χ1v) is 10.2. The van der Waals surface area contributed by atoms with Gasteiger partial charge in [-0.2, -0.15) is 0 Å². The molecule has 0 radical (unpaired) electrons. The minimum absolute atomic E-state index is 0.0338. The van der Waals surface area contributed by atoms with Crippen LogP contribution in [-0.2, 0) is 16.4 Å². The molecule has 8 heteroatoms. The largest absolute Gasteiger partial charge is 0.489 e. The van der Waals surface area contributed by atoms with Crippen LogP contribution in [-0.4, -0.2) is 36.5 Å². The van der Waals surface area contributed by atoms with Crippen molar-refractivity contribution < 1.29 is 22.5 Å². The zero-order valence-corrected chi connectivity index (χ0v) is 15.9. The van der Waals surface area contributed by atoms with Crippen LogP contribution in [0, 0.1) is 13.8 Å². The maximum Gasteiger partial charge on any atom is 0.251 e. The summed E-state index contributed by atoms with van der Waals surface area (Å²) in [5, 5.41) is 6.73. The van der Waals surface area contributed by atoms with Crippen molar-refractivity contribution in [1.82, 2.24) is 10.5 Å². The lowest BCUT2D eigenvalue weighted by Crippen LogP contribution is -2.46. The summed E-state index contributed by atoms with van der Waals surface area (Å²) in [6.07, 6.45) is 0.420. The molecule has 0 bridgehead atoms. The fourth-order valence-corrected chi connectivity index (χ4v) is 5.14. The molecule has 1 saturated heterocycles. The molecule has 1 aromatic heterocycles. The van der Waals surface area contributed by atoms with Crippen LogP contribution < -0.4 is 10.1 Å². The molecule has 1 amide bonds. The van der Waals surface area contributed by atoms with E-state index in [1.807, 2.05) is 13.8 Å². The molecule has 2 heterocycles. The number of benzene rings is 1. The number of aromatic nitrogens is 1. The Hall–Kier alpha value is -2.35. The molecule has 1 aliphatic heterocycles. The van der Waals surface area contributed by atoms with Crippen molar-refractivity contribution in [3.05, 3.63) is 46.8 Å². The number of aryl methyl sites for hydroxylation is 2. The van der Waals surface area contributed by atoms with Gasteiger partial charge in [-0.1, -0.05) is 11.2 Å². The van der Waals surface area contributed by atoms with Crippen LogP contribution in [0.25, 0.3) is 0 Å². The Balaban J connectivity index is 1.68. The Labute approximate surface area is 152 Å². The van der Waals surface area contributed by atoms with E-state index in [4.69, 9.17) is 9.26 Å². The fourth-order valence-electron chi connectivity index (χ4n) is 3.05. The maximum atomic E-state index is 12.5. The van der Waals surface area contributed by atoms with E-state index < -0.39 is 15.4 Å². The first kappa shape index (κ1) is 18.4. The highest BCUT2D eigenvalue weighted by molar-refractivity contribution is 7.91. The molecule has 0 saturated carbocycles. The van der Waals surface area contributed by atoms with Crippen LogP contribution in [0.5, 0.6) is 5.75 Å². The van der Waals surface area contributed by atoms with Gasteiger partial charge in [0.15, 0.2) is 9.84 Å². The van der Waals surface area contributed by atoms with Crippen LogP contribution in [0.4, 0.5) is 0 Å². The van der Waals surface area contributed by atoms with Gasteiger partial charge in [0.25, 0.3) is 5.91 Å². The summed E-state index contributed by atoms with van der Waals surface area (Å²) in [5.41, 5.74) is 1.34. The van der Waals surface area contributed by atoms with Gasteiger partial charge in [-0.15, -0.1) is 0 Å². The van der Waals surface area contributed by atoms with E-state index in [9.17, 15) is 13.2 Å². The summed E-state index contributed by atoms with van der Waals surface area (Å²) < 4.78 is 34.2. The van der Waals surface area contributed by atoms with Gasteiger partial charge >= 0.3 is 0 Å². The molecule has 0 unspecified atom stereocenters. The second kappa shape index (κ2) is 6.75. The molecule has 0 aliphatic carbocycles. The van der Waals surface area contributed by atoms with E-state index in [1.54, 1.807) is 31.2 Å². The lowest BCUT2D eigenvalue weighted by Gasteiger charge is -2.24. The zero-order valence-electron chi connectivity index (χ0n) is 15.0. The van der Waals surface area contributed by atoms with Gasteiger partial charge in [0.2, 0.25) is 0 Å². The van der Waals surface area contributed by atoms with Crippen molar-refractivity contribution in [3.8, 4) is 5.75 Å². The molecule has 1 fully saturated rings. The van der Waals surface area contributed by atoms with Crippen molar-refractivity contribution >= 4 is 15.7 Å². The average molecular weight is 378 g/mol. The molecule has 2 aromatic rings. The van der Waals surface area contributed by atoms with Crippen LogP contribution >= 0.6 is 0 Å². The Morgan fingerprint density at radius 2 is 2.15 bits per heavy atom. The summed E-state index contributed by atoms with van der Waals surface area (Å²) in [5.74, 6) is 0.999. The number of carbonyl (C=O) groups is 1. The van der Waals surface area contributed by atoms with Gasteiger partial charge in [-0.05, 0) is 45.4 Å². The first-order valence-electron chi connectivity index (χ1n) is 8.35. The molecular weight excluding hydrogens is 356 g/mol. The molecule has 3 rings (SSSR count). The third kappa shape index (κ3) is 4.07. The molecule has 0 spiro atoms. The molecule has 140 valence electrons. The summed E-state index contributed by atoms with van der Waals surface area (Å²) >= 11 is 0. The highest BCUT2D eigenvalue weighted by Crippen LogP contribution is 2.24. The zero-order chi connectivity index (χ0) is 18.9. The van der Waals surface area contributed by atoms with Crippen molar-refractivity contribution in [2.45, 2.75) is 39.3 Å². The van der Waals surface area contributed by atoms with Crippen LogP contribution in [0.2, 0.25) is 0 Å². The molecule has 7 nitrogen and oxygen atoms in total. The fraction of sp³-hybridized carbons (Fsp3) is 0.444. The van der Waals surface area contributed by atoms with Crippen LogP contribution in [0.15, 0.2) is 28.8 Å². The lowest BCUT2D eigenvalue weighted by atomic mass is 10.0. The van der Waals surface area contributed by atoms with Crippen molar-refractivity contribution in [3.63, 3.8) is 0 Å². The normalized spacial score (nSPS) is 21.5. The van der Waals surface area contributed by atoms with E-state index in [0.717, 1.165) is 11.3 Å². The number of nitrogens with one attached hydrogen (secondary N) is 1. The summed E-state index contributed by atoms with van der Waals surface area (Å²) in [6.45, 7) is 5.71. The summed E-state index contributed by atoms with van der Waals surface area (Å²) in [4.78, 5) is 12.5. The Bertz CT molecular complexity index is 915. The average Bonchev–Trinajstić information content (AvgIpc) is 3.04. The van der Waals surface area contributed by atoms with Gasteiger partial charge in [0.1, 0.15) is 18.1 Å². The highest BCUT2D eigenvalue weighted by atomic mass is 32.2. The first-order chi connectivity index (χ1) is 12.2. The second-order valence-corrected chi connectivity index (χ2v) is 9.16. The molecule has 1 aromatic carbocycles. The standard InChI is InChI=1S/C18H22N2O5S/c1-12-16(13(2)25-20-12)10-24-15-6-4-5-14(9-15)17(21)19-18(3)7-8-26(22,23)11-18/h4-6,9H,7-8,10-11H2,1-3H3,(H,19,21)/t18-/m1/s1. The highest BCUT2D eigenvalue weighted by Gasteiger charge is 2.39. The molecule has 26 heavy (non-hydrogen) atoms. The van der Waals surface area contributed by atoms with Gasteiger partial charge < -0.3 is 14.6 Å². The van der Waals surface area contributed by atoms with E-state index in [0.29, 0.717) is 30.1 Å². The van der Waals surface area contributed by atoms with E-state index in [-0.39, 0.29) is 17.4 Å². The van der Waals surface area contributed by atoms with E-state index in [1.165, 1.54) is 0 Å². The number of nitrogens with zero attached hydrogens (tertiary/aromatic N) is 1. The molecule has 1 atom stereocenters. The summed E-state index contributed by atoms with van der Waals surface area (Å²) in [7, 11) is -3.09. The van der Waals surface area contributed by atoms with Crippen molar-refractivity contribution in [1.29, 1.82) is 0 Å². The number of sulfone groups is 1. The topological polar surface area (TPSA) is 98.5 Å². The molecular formula is C18H22N2O5S. The Morgan fingerprint density at radius 3 is 2.77 bits per heavy atom. The quantitative estimate of drug-likeness (QED) is 0.856. The number of hydrogen-bond acceptors (Lipinski definition) is 6. The number of rotatable bonds is 5. The SMILES string of the molecule is Cc1noc(C)c1COc1cccc(C(=O)N[C@]2(C)CCS(=O)(=O)C2)c1. The molecule has 1 N–H and O–H groups in total. The van der Waals surface area contributed by atoms with Crippen LogP contribution in [0.3, 0.4) is 0 Å². The minimum Gasteiger partial charge on any atom is -0.489 e. The Morgan fingerprint density at radius 1 is 1.38 bits per heavy atom. The number of carbonyl (C=O) groups excluding carboxylic acids is 1. The van der Waals surface area contributed by atoms with E-state index in [2.05, 4.69) is 10.5 Å². The predicted octanol–water partition coefficient (Wildman–Crippen LogP) is 2.18. The van der Waals surface area contributed by atoms with Gasteiger partial charge in [0, 0.05) is 5.56 Å². The lowest BCUT2D eigenvalue weighted by molar-refractivity contribution is 0.0915. The van der Waals surface area contributed by atoms with Gasteiger partial charge in [-0.25, -0.2) is 8.42 Å². The van der Waals surface area contributed by atoms with E-state index >= 15 is 0 Å². The second-order valence-electron chi connectivity index (χ2n) is 6.98. The smallest absolute Gasteiger partial charge is 0.251 e. The third-order valence-electron chi connectivity index (χ3n) is 4.58. The van der Waals surface area contributed by atoms with Gasteiger partial charge in [0.05, 0.1) is 28.3 Å². The maximum absolute atomic E-state index is 12.5.